The molecule has 0 bridgehead atoms. The van der Waals surface area contributed by atoms with Crippen LogP contribution in [-0.4, -0.2) is 26.5 Å². The highest BCUT2D eigenvalue weighted by Gasteiger charge is 2.28. The number of hydrogen-bond acceptors (Lipinski definition) is 6. The molecule has 3 aromatic heterocycles. The highest BCUT2D eigenvalue weighted by atomic mass is 16.1. The van der Waals surface area contributed by atoms with Crippen molar-refractivity contribution in [3.8, 4) is 0 Å². The van der Waals surface area contributed by atoms with E-state index >= 15 is 0 Å². The van der Waals surface area contributed by atoms with E-state index < -0.39 is 0 Å². The average Bonchev–Trinajstić information content (AvgIpc) is 2.87. The van der Waals surface area contributed by atoms with Gasteiger partial charge in [-0.05, 0) is 6.07 Å². The average molecular weight is 309 g/mol. The molecule has 2 unspecified atom stereocenters. The summed E-state index contributed by atoms with van der Waals surface area (Å²) in [7, 11) is 0. The van der Waals surface area contributed by atoms with Crippen LogP contribution in [0.3, 0.4) is 0 Å². The molecule has 4 rings (SSSR count). The van der Waals surface area contributed by atoms with Crippen molar-refractivity contribution in [3.63, 3.8) is 0 Å². The topological polar surface area (TPSA) is 127 Å². The van der Waals surface area contributed by atoms with Gasteiger partial charge in [0.05, 0.1) is 16.9 Å². The van der Waals surface area contributed by atoms with Crippen molar-refractivity contribution in [2.45, 2.75) is 13.0 Å². The van der Waals surface area contributed by atoms with E-state index in [1.54, 1.807) is 23.0 Å². The van der Waals surface area contributed by atoms with Crippen molar-refractivity contribution in [1.29, 1.82) is 0 Å². The first kappa shape index (κ1) is 13.5. The molecule has 0 aromatic carbocycles. The van der Waals surface area contributed by atoms with Gasteiger partial charge in [-0.1, -0.05) is 6.92 Å². The predicted molar refractivity (Wildman–Crippen MR) is 89.8 cm³/mol. The lowest BCUT2D eigenvalue weighted by atomic mass is 9.94. The normalized spacial score (nSPS) is 21.0. The Balaban J connectivity index is 2.19. The first-order valence-electron chi connectivity index (χ1n) is 7.21. The standard InChI is InChI=1S/C15H15N7O/c1-7-6-20-14(16)21-12(7)10-8-2-4-19-15(17)22(8)13-11(10)9(23)3-5-18-13/h2-7,12H,1H3,(H2,16,21)(H2,17,19)(H,18,23). The molecule has 116 valence electrons. The fraction of sp³-hybridized carbons (Fsp3) is 0.200. The molecule has 0 fully saturated rings. The van der Waals surface area contributed by atoms with Gasteiger partial charge in [-0.2, -0.15) is 0 Å². The van der Waals surface area contributed by atoms with Gasteiger partial charge in [0, 0.05) is 36.2 Å². The van der Waals surface area contributed by atoms with Crippen LogP contribution in [0.5, 0.6) is 0 Å². The van der Waals surface area contributed by atoms with Gasteiger partial charge in [-0.15, -0.1) is 0 Å². The number of rotatable bonds is 1. The Bertz CT molecular complexity index is 1040. The van der Waals surface area contributed by atoms with Crippen LogP contribution in [-0.2, 0) is 0 Å². The van der Waals surface area contributed by atoms with Crippen LogP contribution < -0.4 is 16.9 Å². The van der Waals surface area contributed by atoms with Crippen molar-refractivity contribution in [2.24, 2.45) is 21.6 Å². The van der Waals surface area contributed by atoms with E-state index in [0.29, 0.717) is 17.0 Å². The van der Waals surface area contributed by atoms with Crippen LogP contribution in [0, 0.1) is 5.92 Å². The fourth-order valence-electron chi connectivity index (χ4n) is 3.11. The number of pyridine rings is 1. The van der Waals surface area contributed by atoms with Crippen molar-refractivity contribution < 1.29 is 0 Å². The number of nitrogens with two attached hydrogens (primary N) is 2. The van der Waals surface area contributed by atoms with E-state index in [4.69, 9.17) is 11.5 Å². The number of H-pyrrole nitrogens is 1. The first-order chi connectivity index (χ1) is 11.1. The van der Waals surface area contributed by atoms with Crippen molar-refractivity contribution >= 4 is 34.7 Å². The van der Waals surface area contributed by atoms with Gasteiger partial charge in [0.15, 0.2) is 5.43 Å². The Morgan fingerprint density at radius 3 is 2.96 bits per heavy atom. The monoisotopic (exact) mass is 309 g/mol. The minimum absolute atomic E-state index is 0.00527. The first-order valence-corrected chi connectivity index (χ1v) is 7.21. The van der Waals surface area contributed by atoms with Gasteiger partial charge in [0.2, 0.25) is 11.9 Å². The molecular formula is C15H15N7O. The second-order valence-corrected chi connectivity index (χ2v) is 5.57. The van der Waals surface area contributed by atoms with Crippen molar-refractivity contribution in [1.82, 2.24) is 14.4 Å². The van der Waals surface area contributed by atoms with Crippen LogP contribution in [0.25, 0.3) is 16.6 Å². The maximum absolute atomic E-state index is 12.5. The third-order valence-electron chi connectivity index (χ3n) is 4.12. The summed E-state index contributed by atoms with van der Waals surface area (Å²) < 4.78 is 1.73. The Morgan fingerprint density at radius 1 is 1.30 bits per heavy atom. The number of anilines is 1. The largest absolute Gasteiger partial charge is 0.369 e. The molecule has 5 N–H and O–H groups in total. The molecule has 0 spiro atoms. The molecule has 0 saturated carbocycles. The van der Waals surface area contributed by atoms with E-state index in [0.717, 1.165) is 11.1 Å². The lowest BCUT2D eigenvalue weighted by Crippen LogP contribution is -2.22. The summed E-state index contributed by atoms with van der Waals surface area (Å²) in [4.78, 5) is 28.2. The van der Waals surface area contributed by atoms with Gasteiger partial charge in [0.1, 0.15) is 5.65 Å². The predicted octanol–water partition coefficient (Wildman–Crippen LogP) is 0.834. The smallest absolute Gasteiger partial charge is 0.215 e. The summed E-state index contributed by atoms with van der Waals surface area (Å²) in [5.41, 5.74) is 13.9. The zero-order valence-electron chi connectivity index (χ0n) is 12.4. The summed E-state index contributed by atoms with van der Waals surface area (Å²) in [5.74, 6) is 0.510. The summed E-state index contributed by atoms with van der Waals surface area (Å²) >= 11 is 0. The van der Waals surface area contributed by atoms with E-state index in [-0.39, 0.29) is 23.3 Å². The number of aromatic nitrogens is 3. The Kier molecular flexibility index (Phi) is 2.74. The van der Waals surface area contributed by atoms with Crippen LogP contribution in [0.2, 0.25) is 0 Å². The number of fused-ring (bicyclic) bond motifs is 3. The van der Waals surface area contributed by atoms with Crippen molar-refractivity contribution in [2.75, 3.05) is 5.73 Å². The highest BCUT2D eigenvalue weighted by molar-refractivity contribution is 5.95. The molecule has 1 aliphatic rings. The Morgan fingerprint density at radius 2 is 2.13 bits per heavy atom. The van der Waals surface area contributed by atoms with E-state index in [9.17, 15) is 4.79 Å². The summed E-state index contributed by atoms with van der Waals surface area (Å²) in [5, 5.41) is 0.552. The maximum atomic E-state index is 12.5. The second kappa shape index (κ2) is 4.67. The van der Waals surface area contributed by atoms with E-state index in [1.807, 2.05) is 13.0 Å². The molecule has 2 atom stereocenters. The molecule has 0 saturated heterocycles. The SMILES string of the molecule is CC1C=NC(N)=NC1c1c2c(=O)cc[nH]c2n2c(N)nccc12. The van der Waals surface area contributed by atoms with Gasteiger partial charge in [-0.3, -0.25) is 9.20 Å². The molecule has 0 aliphatic carbocycles. The van der Waals surface area contributed by atoms with Gasteiger partial charge in [-0.25, -0.2) is 15.0 Å². The molecule has 0 radical (unpaired) electrons. The highest BCUT2D eigenvalue weighted by Crippen LogP contribution is 2.36. The molecule has 8 heteroatoms. The number of guanidine groups is 1. The molecule has 0 amide bonds. The molecule has 3 aromatic rings. The van der Waals surface area contributed by atoms with E-state index in [2.05, 4.69) is 20.0 Å². The lowest BCUT2D eigenvalue weighted by Gasteiger charge is -2.20. The van der Waals surface area contributed by atoms with Gasteiger partial charge < -0.3 is 16.5 Å². The third-order valence-corrected chi connectivity index (χ3v) is 4.12. The number of aromatic amines is 1. The minimum atomic E-state index is -0.301. The maximum Gasteiger partial charge on any atom is 0.215 e. The third kappa shape index (κ3) is 1.84. The zero-order chi connectivity index (χ0) is 16.1. The Hall–Kier alpha value is -3.16. The molecule has 23 heavy (non-hydrogen) atoms. The molecular weight excluding hydrogens is 294 g/mol. The molecule has 1 aliphatic heterocycles. The van der Waals surface area contributed by atoms with Crippen LogP contribution in [0.1, 0.15) is 18.5 Å². The summed E-state index contributed by atoms with van der Waals surface area (Å²) in [6, 6.07) is 3.01. The number of nitrogen functional groups attached to an aromatic ring is 1. The quantitative estimate of drug-likeness (QED) is 0.615. The van der Waals surface area contributed by atoms with Crippen LogP contribution in [0.15, 0.2) is 39.3 Å². The number of aliphatic imine (C=N–C) groups is 2. The Labute approximate surface area is 130 Å². The van der Waals surface area contributed by atoms with Gasteiger partial charge >= 0.3 is 0 Å². The number of hydrogen-bond donors (Lipinski definition) is 3. The van der Waals surface area contributed by atoms with E-state index in [1.165, 1.54) is 6.07 Å². The minimum Gasteiger partial charge on any atom is -0.369 e. The molecule has 8 nitrogen and oxygen atoms in total. The van der Waals surface area contributed by atoms with Crippen LogP contribution >= 0.6 is 0 Å². The van der Waals surface area contributed by atoms with Crippen molar-refractivity contribution in [3.05, 3.63) is 40.3 Å². The number of nitrogens with one attached hydrogen (secondary N) is 1. The number of nitrogens with zero attached hydrogens (tertiary/aromatic N) is 4. The van der Waals surface area contributed by atoms with Crippen LogP contribution in [0.4, 0.5) is 5.95 Å². The second-order valence-electron chi connectivity index (χ2n) is 5.57. The van der Waals surface area contributed by atoms with Gasteiger partial charge in [0.25, 0.3) is 0 Å². The fourth-order valence-corrected chi connectivity index (χ4v) is 3.11. The zero-order valence-corrected chi connectivity index (χ0v) is 12.4. The lowest BCUT2D eigenvalue weighted by molar-refractivity contribution is 0.607. The summed E-state index contributed by atoms with van der Waals surface area (Å²) in [6.45, 7) is 1.99. The molecule has 4 heterocycles. The summed E-state index contributed by atoms with van der Waals surface area (Å²) in [6.07, 6.45) is 4.97.